The average molecular weight is 623 g/mol. The molecule has 7 nitrogen and oxygen atoms in total. The Kier molecular flexibility index (Phi) is 15.2. The number of amides is 1. The zero-order valence-corrected chi connectivity index (χ0v) is 26.6. The van der Waals surface area contributed by atoms with E-state index in [0.717, 1.165) is 67.9 Å². The van der Waals surface area contributed by atoms with Crippen molar-refractivity contribution in [3.8, 4) is 0 Å². The molecule has 0 aromatic heterocycles. The van der Waals surface area contributed by atoms with E-state index in [1.807, 2.05) is 83.8 Å². The summed E-state index contributed by atoms with van der Waals surface area (Å²) in [6.45, 7) is 8.27. The van der Waals surface area contributed by atoms with E-state index in [9.17, 15) is 9.59 Å². The normalized spacial score (nSPS) is 14.9. The average Bonchev–Trinajstić information content (AvgIpc) is 3.07. The van der Waals surface area contributed by atoms with Crippen molar-refractivity contribution in [1.29, 1.82) is 0 Å². The van der Waals surface area contributed by atoms with Crippen molar-refractivity contribution >= 4 is 11.9 Å². The molecule has 0 spiro atoms. The van der Waals surface area contributed by atoms with Crippen LogP contribution < -0.4 is 5.32 Å². The second kappa shape index (κ2) is 19.3. The number of carbonyl (C=O) groups excluding carboxylic acids is 1. The molecule has 6 rings (SSSR count). The highest BCUT2D eigenvalue weighted by Crippen LogP contribution is 2.18. The number of carbonyl (C=O) groups is 2. The Morgan fingerprint density at radius 1 is 0.587 bits per heavy atom. The Balaban J connectivity index is 0.000000210. The van der Waals surface area contributed by atoms with Crippen LogP contribution in [0.1, 0.15) is 50.4 Å². The highest BCUT2D eigenvalue weighted by Gasteiger charge is 2.22. The standard InChI is InChI=1S/C19H22N2O.C14H12O2.C5H12N2.CH4/c1-20-11-13-21(14-12-20)19(22)18-10-6-5-9-17(18)15-16-7-3-2-4-8-16;15-14(16)13-9-5-4-8-12(13)10-11-6-2-1-3-7-11;1-7-4-2-6-3-5-7;/h2-10H,11-15H2,1H3;1-9H,10H2,(H,15,16);6H,2-5H2,1H3;1H4. The maximum atomic E-state index is 12.8. The van der Waals surface area contributed by atoms with Crippen molar-refractivity contribution in [3.63, 3.8) is 0 Å². The maximum absolute atomic E-state index is 12.8. The summed E-state index contributed by atoms with van der Waals surface area (Å²) in [6, 6.07) is 35.3. The van der Waals surface area contributed by atoms with E-state index in [1.165, 1.54) is 18.7 Å². The SMILES string of the molecule is C.CN1CCN(C(=O)c2ccccc2Cc2ccccc2)CC1.CN1CCNCC1.O=C(O)c1ccccc1Cc1ccccc1. The number of benzene rings is 4. The van der Waals surface area contributed by atoms with Gasteiger partial charge in [0.2, 0.25) is 0 Å². The number of piperazine rings is 2. The van der Waals surface area contributed by atoms with Crippen LogP contribution in [0.3, 0.4) is 0 Å². The largest absolute Gasteiger partial charge is 0.478 e. The lowest BCUT2D eigenvalue weighted by Gasteiger charge is -2.32. The van der Waals surface area contributed by atoms with Crippen molar-refractivity contribution in [3.05, 3.63) is 143 Å². The second-order valence-corrected chi connectivity index (χ2v) is 11.6. The Morgan fingerprint density at radius 2 is 1.00 bits per heavy atom. The van der Waals surface area contributed by atoms with Gasteiger partial charge in [0.05, 0.1) is 5.56 Å². The highest BCUT2D eigenvalue weighted by molar-refractivity contribution is 5.96. The first-order valence-corrected chi connectivity index (χ1v) is 15.7. The summed E-state index contributed by atoms with van der Waals surface area (Å²) in [4.78, 5) is 30.4. The van der Waals surface area contributed by atoms with Gasteiger partial charge >= 0.3 is 5.97 Å². The first-order chi connectivity index (χ1) is 21.9. The van der Waals surface area contributed by atoms with Crippen LogP contribution in [0.2, 0.25) is 0 Å². The van der Waals surface area contributed by atoms with Crippen molar-refractivity contribution < 1.29 is 14.7 Å². The minimum Gasteiger partial charge on any atom is -0.478 e. The van der Waals surface area contributed by atoms with Crippen LogP contribution in [0.5, 0.6) is 0 Å². The smallest absolute Gasteiger partial charge is 0.335 e. The van der Waals surface area contributed by atoms with E-state index in [1.54, 1.807) is 12.1 Å². The summed E-state index contributed by atoms with van der Waals surface area (Å²) in [7, 11) is 4.26. The van der Waals surface area contributed by atoms with Crippen LogP contribution >= 0.6 is 0 Å². The van der Waals surface area contributed by atoms with Crippen molar-refractivity contribution in [2.45, 2.75) is 20.3 Å². The summed E-state index contributed by atoms with van der Waals surface area (Å²) in [6.07, 6.45) is 1.46. The van der Waals surface area contributed by atoms with E-state index in [2.05, 4.69) is 47.4 Å². The van der Waals surface area contributed by atoms with E-state index in [-0.39, 0.29) is 13.3 Å². The predicted octanol–water partition coefficient (Wildman–Crippen LogP) is 5.80. The van der Waals surface area contributed by atoms with E-state index in [4.69, 9.17) is 5.11 Å². The van der Waals surface area contributed by atoms with Gasteiger partial charge in [-0.15, -0.1) is 0 Å². The lowest BCUT2D eigenvalue weighted by atomic mass is 9.99. The molecule has 0 radical (unpaired) electrons. The fourth-order valence-corrected chi connectivity index (χ4v) is 5.35. The Morgan fingerprint density at radius 3 is 1.46 bits per heavy atom. The predicted molar refractivity (Wildman–Crippen MR) is 189 cm³/mol. The molecule has 7 heteroatoms. The molecule has 4 aromatic carbocycles. The number of nitrogens with zero attached hydrogens (tertiary/aromatic N) is 3. The number of carboxylic acids is 1. The number of carboxylic acid groups (broad SMARTS) is 1. The summed E-state index contributed by atoms with van der Waals surface area (Å²) < 4.78 is 0. The van der Waals surface area contributed by atoms with Crippen molar-refractivity contribution in [2.24, 2.45) is 0 Å². The molecule has 46 heavy (non-hydrogen) atoms. The van der Waals surface area contributed by atoms with Crippen LogP contribution in [0, 0.1) is 0 Å². The van der Waals surface area contributed by atoms with Gasteiger partial charge in [-0.05, 0) is 61.3 Å². The lowest BCUT2D eigenvalue weighted by Crippen LogP contribution is -2.47. The molecule has 0 saturated carbocycles. The molecule has 0 aliphatic carbocycles. The molecule has 1 amide bonds. The van der Waals surface area contributed by atoms with Crippen LogP contribution in [-0.2, 0) is 12.8 Å². The molecule has 2 aliphatic rings. The van der Waals surface area contributed by atoms with Crippen molar-refractivity contribution in [2.75, 3.05) is 66.5 Å². The van der Waals surface area contributed by atoms with Gasteiger partial charge in [0.25, 0.3) is 5.91 Å². The van der Waals surface area contributed by atoms with Crippen LogP contribution in [0.15, 0.2) is 109 Å². The highest BCUT2D eigenvalue weighted by atomic mass is 16.4. The number of hydrogen-bond donors (Lipinski definition) is 2. The number of likely N-dealkylation sites (N-methyl/N-ethyl adjacent to an activating group) is 2. The molecule has 2 saturated heterocycles. The third kappa shape index (κ3) is 11.6. The van der Waals surface area contributed by atoms with Gasteiger partial charge in [0, 0.05) is 57.9 Å². The van der Waals surface area contributed by atoms with Gasteiger partial charge in [-0.1, -0.05) is 104 Å². The number of nitrogens with one attached hydrogen (secondary N) is 1. The third-order valence-electron chi connectivity index (χ3n) is 8.10. The van der Waals surface area contributed by atoms with Crippen LogP contribution in [0.4, 0.5) is 0 Å². The molecule has 2 N–H and O–H groups in total. The van der Waals surface area contributed by atoms with Gasteiger partial charge in [-0.2, -0.15) is 0 Å². The molecule has 4 aromatic rings. The molecule has 2 heterocycles. The third-order valence-corrected chi connectivity index (χ3v) is 8.10. The van der Waals surface area contributed by atoms with E-state index < -0.39 is 5.97 Å². The van der Waals surface area contributed by atoms with Gasteiger partial charge in [-0.25, -0.2) is 4.79 Å². The molecular formula is C39H50N4O3. The van der Waals surface area contributed by atoms with E-state index >= 15 is 0 Å². The van der Waals surface area contributed by atoms with Gasteiger partial charge in [-0.3, -0.25) is 4.79 Å². The van der Waals surface area contributed by atoms with Crippen LogP contribution in [0.25, 0.3) is 0 Å². The molecule has 2 aliphatic heterocycles. The van der Waals surface area contributed by atoms with Crippen LogP contribution in [-0.4, -0.2) is 98.1 Å². The maximum Gasteiger partial charge on any atom is 0.335 e. The fourth-order valence-electron chi connectivity index (χ4n) is 5.35. The fraction of sp³-hybridized carbons (Fsp3) is 0.333. The molecule has 0 unspecified atom stereocenters. The minimum atomic E-state index is -0.869. The first-order valence-electron chi connectivity index (χ1n) is 15.7. The second-order valence-electron chi connectivity index (χ2n) is 11.6. The molecule has 0 bridgehead atoms. The van der Waals surface area contributed by atoms with Crippen molar-refractivity contribution in [1.82, 2.24) is 20.0 Å². The quantitative estimate of drug-likeness (QED) is 0.283. The summed E-state index contributed by atoms with van der Waals surface area (Å²) in [5, 5.41) is 12.3. The first kappa shape index (κ1) is 36.2. The molecule has 2 fully saturated rings. The Hall–Kier alpha value is -4.30. The Labute approximate surface area is 275 Å². The molecular weight excluding hydrogens is 572 g/mol. The topological polar surface area (TPSA) is 76.1 Å². The van der Waals surface area contributed by atoms with Gasteiger partial charge < -0.3 is 25.1 Å². The number of hydrogen-bond acceptors (Lipinski definition) is 5. The zero-order chi connectivity index (χ0) is 31.9. The number of rotatable bonds is 6. The summed E-state index contributed by atoms with van der Waals surface area (Å²) in [5.41, 5.74) is 5.54. The summed E-state index contributed by atoms with van der Waals surface area (Å²) >= 11 is 0. The minimum absolute atomic E-state index is 0. The number of aromatic carboxylic acids is 1. The van der Waals surface area contributed by atoms with Gasteiger partial charge in [0.15, 0.2) is 0 Å². The van der Waals surface area contributed by atoms with E-state index in [0.29, 0.717) is 12.0 Å². The monoisotopic (exact) mass is 622 g/mol. The lowest BCUT2D eigenvalue weighted by molar-refractivity contribution is 0.0661. The molecule has 0 atom stereocenters. The Bertz CT molecular complexity index is 1470. The molecule has 244 valence electrons. The summed E-state index contributed by atoms with van der Waals surface area (Å²) in [5.74, 6) is -0.703. The zero-order valence-electron chi connectivity index (χ0n) is 26.6. The van der Waals surface area contributed by atoms with Gasteiger partial charge in [0.1, 0.15) is 0 Å².